The van der Waals surface area contributed by atoms with Crippen LogP contribution in [0.1, 0.15) is 18.9 Å². The van der Waals surface area contributed by atoms with Crippen molar-refractivity contribution in [1.82, 2.24) is 15.5 Å². The molecule has 0 radical (unpaired) electrons. The van der Waals surface area contributed by atoms with Crippen LogP contribution in [-0.2, 0) is 15.1 Å². The molecule has 1 heterocycles. The minimum atomic E-state index is -1.12. The summed E-state index contributed by atoms with van der Waals surface area (Å²) < 4.78 is 0. The number of benzene rings is 1. The molecule has 0 saturated carbocycles. The van der Waals surface area contributed by atoms with Crippen molar-refractivity contribution in [2.24, 2.45) is 0 Å². The lowest BCUT2D eigenvalue weighted by Crippen LogP contribution is -2.44. The van der Waals surface area contributed by atoms with Crippen LogP contribution in [0.4, 0.5) is 4.79 Å². The van der Waals surface area contributed by atoms with Gasteiger partial charge in [0.25, 0.3) is 5.91 Å². The number of hydrogen-bond donors (Lipinski definition) is 2. The first-order valence-corrected chi connectivity index (χ1v) is 6.95. The van der Waals surface area contributed by atoms with Gasteiger partial charge in [-0.25, -0.2) is 4.79 Å². The van der Waals surface area contributed by atoms with Gasteiger partial charge in [-0.2, -0.15) is 0 Å². The highest BCUT2D eigenvalue weighted by molar-refractivity contribution is 6.09. The second-order valence-corrected chi connectivity index (χ2v) is 4.93. The average molecular weight is 299 g/mol. The highest BCUT2D eigenvalue weighted by Crippen LogP contribution is 2.32. The van der Waals surface area contributed by atoms with Crippen LogP contribution in [0.2, 0.25) is 0 Å². The summed E-state index contributed by atoms with van der Waals surface area (Å²) in [6, 6.07) is 8.42. The first-order chi connectivity index (χ1) is 10.5. The number of rotatable bonds is 5. The second kappa shape index (κ2) is 6.31. The van der Waals surface area contributed by atoms with E-state index in [0.29, 0.717) is 12.0 Å². The van der Waals surface area contributed by atoms with Crippen LogP contribution in [-0.4, -0.2) is 35.8 Å². The predicted octanol–water partition coefficient (Wildman–Crippen LogP) is 0.593. The van der Waals surface area contributed by atoms with Crippen LogP contribution < -0.4 is 10.6 Å². The first-order valence-electron chi connectivity index (χ1n) is 6.95. The number of amides is 4. The van der Waals surface area contributed by atoms with Gasteiger partial charge in [0.15, 0.2) is 0 Å². The molecule has 0 bridgehead atoms. The van der Waals surface area contributed by atoms with Crippen molar-refractivity contribution in [3.63, 3.8) is 0 Å². The normalized spacial score (nSPS) is 20.5. The van der Waals surface area contributed by atoms with Gasteiger partial charge >= 0.3 is 6.03 Å². The maximum Gasteiger partial charge on any atom is 0.325 e. The third kappa shape index (κ3) is 2.66. The Balaban J connectivity index is 2.24. The fourth-order valence-electron chi connectivity index (χ4n) is 2.48. The lowest BCUT2D eigenvalue weighted by atomic mass is 9.87. The van der Waals surface area contributed by atoms with Gasteiger partial charge in [0.2, 0.25) is 5.91 Å². The van der Waals surface area contributed by atoms with Crippen molar-refractivity contribution < 1.29 is 14.4 Å². The molecular formula is C16H17N3O3. The molecule has 6 heteroatoms. The molecule has 1 aliphatic rings. The van der Waals surface area contributed by atoms with Crippen molar-refractivity contribution in [2.75, 3.05) is 13.1 Å². The molecule has 1 aromatic rings. The zero-order valence-corrected chi connectivity index (χ0v) is 12.3. The van der Waals surface area contributed by atoms with Gasteiger partial charge in [0.1, 0.15) is 12.1 Å². The van der Waals surface area contributed by atoms with E-state index in [1.165, 1.54) is 0 Å². The van der Waals surface area contributed by atoms with Crippen molar-refractivity contribution >= 4 is 17.8 Å². The van der Waals surface area contributed by atoms with Gasteiger partial charge < -0.3 is 10.6 Å². The Labute approximate surface area is 128 Å². The largest absolute Gasteiger partial charge is 0.344 e. The number of nitrogens with zero attached hydrogens (tertiary/aromatic N) is 1. The van der Waals surface area contributed by atoms with Crippen LogP contribution >= 0.6 is 0 Å². The molecule has 1 atom stereocenters. The lowest BCUT2D eigenvalue weighted by Gasteiger charge is -2.25. The zero-order valence-electron chi connectivity index (χ0n) is 12.3. The molecular weight excluding hydrogens is 282 g/mol. The van der Waals surface area contributed by atoms with Gasteiger partial charge in [-0.3, -0.25) is 14.5 Å². The highest BCUT2D eigenvalue weighted by Gasteiger charge is 2.51. The molecule has 6 nitrogen and oxygen atoms in total. The summed E-state index contributed by atoms with van der Waals surface area (Å²) in [4.78, 5) is 37.4. The summed E-state index contributed by atoms with van der Waals surface area (Å²) >= 11 is 0. The van der Waals surface area contributed by atoms with Crippen LogP contribution in [0, 0.1) is 12.3 Å². The third-order valence-corrected chi connectivity index (χ3v) is 3.66. The number of urea groups is 1. The predicted molar refractivity (Wildman–Crippen MR) is 80.5 cm³/mol. The average Bonchev–Trinajstić information content (AvgIpc) is 2.79. The number of hydrogen-bond acceptors (Lipinski definition) is 3. The minimum Gasteiger partial charge on any atom is -0.344 e. The van der Waals surface area contributed by atoms with Crippen molar-refractivity contribution in [3.8, 4) is 12.3 Å². The standard InChI is InChI=1S/C16H17N3O3/c1-3-10-17-13(20)11-19-14(21)16(4-2,18-15(19)22)12-8-6-5-7-9-12/h1,5-9H,4,10-11H2,2H3,(H,17,20)(H,18,22). The van der Waals surface area contributed by atoms with Gasteiger partial charge in [0.05, 0.1) is 6.54 Å². The van der Waals surface area contributed by atoms with Gasteiger partial charge in [-0.05, 0) is 12.0 Å². The Morgan fingerprint density at radius 3 is 2.64 bits per heavy atom. The molecule has 1 aliphatic heterocycles. The number of imide groups is 1. The molecule has 4 amide bonds. The van der Waals surface area contributed by atoms with Crippen molar-refractivity contribution in [2.45, 2.75) is 18.9 Å². The Morgan fingerprint density at radius 2 is 2.05 bits per heavy atom. The van der Waals surface area contributed by atoms with Crippen molar-refractivity contribution in [3.05, 3.63) is 35.9 Å². The van der Waals surface area contributed by atoms with Crippen molar-refractivity contribution in [1.29, 1.82) is 0 Å². The Bertz CT molecular complexity index is 636. The van der Waals surface area contributed by atoms with E-state index in [4.69, 9.17) is 6.42 Å². The molecule has 1 aromatic carbocycles. The quantitative estimate of drug-likeness (QED) is 0.617. The molecule has 2 N–H and O–H groups in total. The Morgan fingerprint density at radius 1 is 1.36 bits per heavy atom. The second-order valence-electron chi connectivity index (χ2n) is 4.93. The fourth-order valence-corrected chi connectivity index (χ4v) is 2.48. The maximum absolute atomic E-state index is 12.7. The molecule has 0 spiro atoms. The molecule has 0 aliphatic carbocycles. The Hall–Kier alpha value is -2.81. The summed E-state index contributed by atoms with van der Waals surface area (Å²) in [6.45, 7) is 1.52. The van der Waals surface area contributed by atoms with E-state index >= 15 is 0 Å². The summed E-state index contributed by atoms with van der Waals surface area (Å²) in [6.07, 6.45) is 5.45. The molecule has 2 rings (SSSR count). The van der Waals surface area contributed by atoms with Gasteiger partial charge in [0, 0.05) is 0 Å². The van der Waals surface area contributed by atoms with E-state index in [9.17, 15) is 14.4 Å². The lowest BCUT2D eigenvalue weighted by molar-refractivity contribution is -0.135. The fraction of sp³-hybridized carbons (Fsp3) is 0.312. The molecule has 1 fully saturated rings. The topological polar surface area (TPSA) is 78.5 Å². The SMILES string of the molecule is C#CCNC(=O)CN1C(=O)NC(CC)(c2ccccc2)C1=O. The van der Waals surface area contributed by atoms with Crippen LogP contribution in [0.5, 0.6) is 0 Å². The third-order valence-electron chi connectivity index (χ3n) is 3.66. The van der Waals surface area contributed by atoms with E-state index in [-0.39, 0.29) is 13.1 Å². The molecule has 1 saturated heterocycles. The van der Waals surface area contributed by atoms with Gasteiger partial charge in [-0.1, -0.05) is 43.2 Å². The summed E-state index contributed by atoms with van der Waals surface area (Å²) in [5.41, 5.74) is -0.424. The Kier molecular flexibility index (Phi) is 4.47. The number of carbonyl (C=O) groups is 3. The minimum absolute atomic E-state index is 0.0556. The number of terminal acetylenes is 1. The van der Waals surface area contributed by atoms with Gasteiger partial charge in [-0.15, -0.1) is 6.42 Å². The summed E-state index contributed by atoms with van der Waals surface area (Å²) in [5, 5.41) is 5.15. The van der Waals surface area contributed by atoms with E-state index in [1.54, 1.807) is 24.3 Å². The number of nitrogens with one attached hydrogen (secondary N) is 2. The molecule has 1 unspecified atom stereocenters. The van der Waals surface area contributed by atoms with Crippen LogP contribution in [0.3, 0.4) is 0 Å². The molecule has 114 valence electrons. The molecule has 0 aromatic heterocycles. The molecule has 22 heavy (non-hydrogen) atoms. The number of carbonyl (C=O) groups excluding carboxylic acids is 3. The van der Waals surface area contributed by atoms with E-state index < -0.39 is 23.4 Å². The monoisotopic (exact) mass is 299 g/mol. The van der Waals surface area contributed by atoms with Crippen LogP contribution in [0.15, 0.2) is 30.3 Å². The maximum atomic E-state index is 12.7. The van der Waals surface area contributed by atoms with Crippen LogP contribution in [0.25, 0.3) is 0 Å². The smallest absolute Gasteiger partial charge is 0.325 e. The van der Waals surface area contributed by atoms with E-state index in [2.05, 4.69) is 16.6 Å². The highest BCUT2D eigenvalue weighted by atomic mass is 16.2. The zero-order chi connectivity index (χ0) is 16.2. The van der Waals surface area contributed by atoms with E-state index in [0.717, 1.165) is 4.90 Å². The van der Waals surface area contributed by atoms with E-state index in [1.807, 2.05) is 13.0 Å². The summed E-state index contributed by atoms with van der Waals surface area (Å²) in [7, 11) is 0. The first kappa shape index (κ1) is 15.6. The summed E-state index contributed by atoms with van der Waals surface area (Å²) in [5.74, 6) is 1.36.